The Hall–Kier alpha value is -2.41. The highest BCUT2D eigenvalue weighted by Gasteiger charge is 2.14. The summed E-state index contributed by atoms with van der Waals surface area (Å²) >= 11 is 0. The molecule has 0 spiro atoms. The molecule has 1 heterocycles. The van der Waals surface area contributed by atoms with E-state index in [2.05, 4.69) is 5.32 Å². The third-order valence-corrected chi connectivity index (χ3v) is 4.31. The highest BCUT2D eigenvalue weighted by molar-refractivity contribution is 7.84. The molecule has 122 valence electrons. The zero-order valence-corrected chi connectivity index (χ0v) is 13.6. The van der Waals surface area contributed by atoms with E-state index in [1.807, 2.05) is 26.0 Å². The molecule has 0 aliphatic rings. The first kappa shape index (κ1) is 17.0. The van der Waals surface area contributed by atoms with Crippen molar-refractivity contribution in [1.82, 2.24) is 0 Å². The molecule has 1 atom stereocenters. The molecular formula is C16H17NO5S. The number of carbonyl (C=O) groups is 2. The number of anilines is 1. The monoisotopic (exact) mass is 335 g/mol. The van der Waals surface area contributed by atoms with Gasteiger partial charge in [0.2, 0.25) is 11.7 Å². The largest absolute Gasteiger partial charge is 0.475 e. The second kappa shape index (κ2) is 7.23. The van der Waals surface area contributed by atoms with E-state index >= 15 is 0 Å². The molecule has 0 saturated heterocycles. The molecule has 0 aliphatic carbocycles. The van der Waals surface area contributed by atoms with Gasteiger partial charge in [-0.05, 0) is 37.6 Å². The number of aryl methyl sites for hydroxylation is 2. The van der Waals surface area contributed by atoms with Crippen LogP contribution in [0.4, 0.5) is 5.69 Å². The molecule has 0 aliphatic heterocycles. The molecular weight excluding hydrogens is 318 g/mol. The van der Waals surface area contributed by atoms with Crippen LogP contribution < -0.4 is 5.32 Å². The van der Waals surface area contributed by atoms with E-state index in [9.17, 15) is 13.8 Å². The smallest absolute Gasteiger partial charge is 0.371 e. The minimum absolute atomic E-state index is 0.00637. The second-order valence-electron chi connectivity index (χ2n) is 5.17. The van der Waals surface area contributed by atoms with Crippen LogP contribution in [0.5, 0.6) is 0 Å². The molecule has 0 bridgehead atoms. The maximum absolute atomic E-state index is 12.0. The van der Waals surface area contributed by atoms with Gasteiger partial charge in [0.15, 0.2) is 0 Å². The summed E-state index contributed by atoms with van der Waals surface area (Å²) in [5.41, 5.74) is 2.71. The Bertz CT molecular complexity index is 766. The lowest BCUT2D eigenvalue weighted by Gasteiger charge is -2.08. The first-order valence-electron chi connectivity index (χ1n) is 6.89. The van der Waals surface area contributed by atoms with E-state index in [0.29, 0.717) is 5.69 Å². The first-order chi connectivity index (χ1) is 10.8. The van der Waals surface area contributed by atoms with E-state index in [0.717, 1.165) is 11.1 Å². The summed E-state index contributed by atoms with van der Waals surface area (Å²) in [5, 5.41) is 11.5. The van der Waals surface area contributed by atoms with Crippen LogP contribution in [0, 0.1) is 13.8 Å². The van der Waals surface area contributed by atoms with Crippen LogP contribution >= 0.6 is 0 Å². The van der Waals surface area contributed by atoms with Gasteiger partial charge < -0.3 is 14.8 Å². The minimum Gasteiger partial charge on any atom is -0.475 e. The van der Waals surface area contributed by atoms with Crippen LogP contribution in [-0.4, -0.2) is 26.9 Å². The van der Waals surface area contributed by atoms with Crippen LogP contribution in [0.15, 0.2) is 34.7 Å². The Labute approximate surface area is 136 Å². The van der Waals surface area contributed by atoms with Gasteiger partial charge in [0.05, 0.1) is 5.75 Å². The fourth-order valence-corrected chi connectivity index (χ4v) is 3.01. The van der Waals surface area contributed by atoms with Crippen molar-refractivity contribution >= 4 is 28.4 Å². The van der Waals surface area contributed by atoms with Gasteiger partial charge in [-0.3, -0.25) is 9.00 Å². The molecule has 2 rings (SSSR count). The average molecular weight is 335 g/mol. The number of rotatable bonds is 6. The summed E-state index contributed by atoms with van der Waals surface area (Å²) < 4.78 is 17.0. The van der Waals surface area contributed by atoms with Gasteiger partial charge in [0, 0.05) is 16.5 Å². The molecule has 2 N–H and O–H groups in total. The van der Waals surface area contributed by atoms with E-state index in [1.165, 1.54) is 12.1 Å². The number of hydrogen-bond donors (Lipinski definition) is 2. The van der Waals surface area contributed by atoms with Crippen molar-refractivity contribution in [3.63, 3.8) is 0 Å². The SMILES string of the molecule is Cc1ccc(NC(=O)CS(=O)Cc2ccc(C(=O)O)o2)c(C)c1. The summed E-state index contributed by atoms with van der Waals surface area (Å²) in [4.78, 5) is 22.6. The molecule has 1 aromatic heterocycles. The number of furan rings is 1. The Morgan fingerprint density at radius 3 is 2.57 bits per heavy atom. The zero-order valence-electron chi connectivity index (χ0n) is 12.8. The van der Waals surface area contributed by atoms with Crippen molar-refractivity contribution in [3.05, 3.63) is 53.0 Å². The summed E-state index contributed by atoms with van der Waals surface area (Å²) in [6.07, 6.45) is 0. The van der Waals surface area contributed by atoms with Crippen molar-refractivity contribution in [3.8, 4) is 0 Å². The predicted octanol–water partition coefficient (Wildman–Crippen LogP) is 2.48. The number of aromatic carboxylic acids is 1. The number of carboxylic acid groups (broad SMARTS) is 1. The Morgan fingerprint density at radius 1 is 1.22 bits per heavy atom. The maximum Gasteiger partial charge on any atom is 0.371 e. The van der Waals surface area contributed by atoms with Gasteiger partial charge in [-0.2, -0.15) is 0 Å². The predicted molar refractivity (Wildman–Crippen MR) is 86.9 cm³/mol. The number of carboxylic acids is 1. The van der Waals surface area contributed by atoms with Crippen molar-refractivity contribution < 1.29 is 23.3 Å². The van der Waals surface area contributed by atoms with Gasteiger partial charge >= 0.3 is 5.97 Å². The van der Waals surface area contributed by atoms with Gasteiger partial charge in [0.1, 0.15) is 11.5 Å². The van der Waals surface area contributed by atoms with Crippen LogP contribution in [-0.2, 0) is 21.3 Å². The molecule has 6 nitrogen and oxygen atoms in total. The van der Waals surface area contributed by atoms with E-state index < -0.39 is 16.8 Å². The fourth-order valence-electron chi connectivity index (χ4n) is 2.07. The lowest BCUT2D eigenvalue weighted by Crippen LogP contribution is -2.20. The molecule has 0 radical (unpaired) electrons. The van der Waals surface area contributed by atoms with Crippen LogP contribution in [0.1, 0.15) is 27.4 Å². The van der Waals surface area contributed by atoms with Crippen molar-refractivity contribution in [2.75, 3.05) is 11.1 Å². The summed E-state index contributed by atoms with van der Waals surface area (Å²) in [7, 11) is -1.48. The zero-order chi connectivity index (χ0) is 17.0. The third-order valence-electron chi connectivity index (χ3n) is 3.12. The van der Waals surface area contributed by atoms with E-state index in [4.69, 9.17) is 9.52 Å². The topological polar surface area (TPSA) is 96.6 Å². The lowest BCUT2D eigenvalue weighted by atomic mass is 10.1. The molecule has 1 unspecified atom stereocenters. The quantitative estimate of drug-likeness (QED) is 0.845. The van der Waals surface area contributed by atoms with Gasteiger partial charge in [-0.25, -0.2) is 4.79 Å². The number of nitrogens with one attached hydrogen (secondary N) is 1. The number of benzene rings is 1. The lowest BCUT2D eigenvalue weighted by molar-refractivity contribution is -0.113. The molecule has 2 aromatic rings. The van der Waals surface area contributed by atoms with Crippen molar-refractivity contribution in [2.45, 2.75) is 19.6 Å². The summed E-state index contributed by atoms with van der Waals surface area (Å²) in [6, 6.07) is 8.38. The summed E-state index contributed by atoms with van der Waals surface area (Å²) in [5.74, 6) is -1.67. The Morgan fingerprint density at radius 2 is 1.96 bits per heavy atom. The van der Waals surface area contributed by atoms with Crippen molar-refractivity contribution in [1.29, 1.82) is 0 Å². The van der Waals surface area contributed by atoms with Crippen LogP contribution in [0.25, 0.3) is 0 Å². The summed E-state index contributed by atoms with van der Waals surface area (Å²) in [6.45, 7) is 3.85. The van der Waals surface area contributed by atoms with Gasteiger partial charge in [-0.1, -0.05) is 17.7 Å². The highest BCUT2D eigenvalue weighted by atomic mass is 32.2. The van der Waals surface area contributed by atoms with E-state index in [-0.39, 0.29) is 28.9 Å². The molecule has 0 saturated carbocycles. The number of carbonyl (C=O) groups excluding carboxylic acids is 1. The molecule has 7 heteroatoms. The number of hydrogen-bond acceptors (Lipinski definition) is 4. The van der Waals surface area contributed by atoms with Gasteiger partial charge in [-0.15, -0.1) is 0 Å². The third kappa shape index (κ3) is 4.79. The maximum atomic E-state index is 12.0. The molecule has 23 heavy (non-hydrogen) atoms. The van der Waals surface area contributed by atoms with Crippen LogP contribution in [0.3, 0.4) is 0 Å². The molecule has 0 fully saturated rings. The standard InChI is InChI=1S/C16H17NO5S/c1-10-3-5-13(11(2)7-10)17-15(18)9-23(21)8-12-4-6-14(22-12)16(19)20/h3-7H,8-9H2,1-2H3,(H,17,18)(H,19,20). The van der Waals surface area contributed by atoms with E-state index in [1.54, 1.807) is 6.07 Å². The average Bonchev–Trinajstić information content (AvgIpc) is 2.90. The van der Waals surface area contributed by atoms with Crippen molar-refractivity contribution in [2.24, 2.45) is 0 Å². The molecule has 1 aromatic carbocycles. The Balaban J connectivity index is 1.91. The molecule has 1 amide bonds. The fraction of sp³-hybridized carbons (Fsp3) is 0.250. The normalized spacial score (nSPS) is 11.9. The first-order valence-corrected chi connectivity index (χ1v) is 8.38. The Kier molecular flexibility index (Phi) is 5.33. The minimum atomic E-state index is -1.48. The van der Waals surface area contributed by atoms with Gasteiger partial charge in [0.25, 0.3) is 0 Å². The highest BCUT2D eigenvalue weighted by Crippen LogP contribution is 2.16. The van der Waals surface area contributed by atoms with Crippen LogP contribution in [0.2, 0.25) is 0 Å². The number of amides is 1. The second-order valence-corrected chi connectivity index (χ2v) is 6.62.